The minimum absolute atomic E-state index is 0.0199. The second kappa shape index (κ2) is 12.3. The molecule has 45 heavy (non-hydrogen) atoms. The minimum Gasteiger partial charge on any atom is -0.497 e. The van der Waals surface area contributed by atoms with Gasteiger partial charge in [-0.15, -0.1) is 0 Å². The van der Waals surface area contributed by atoms with E-state index in [1.54, 1.807) is 12.0 Å². The lowest BCUT2D eigenvalue weighted by molar-refractivity contribution is -0.146. The predicted octanol–water partition coefficient (Wildman–Crippen LogP) is 6.13. The van der Waals surface area contributed by atoms with E-state index in [2.05, 4.69) is 32.2 Å². The van der Waals surface area contributed by atoms with Crippen LogP contribution in [0.15, 0.2) is 103 Å². The van der Waals surface area contributed by atoms with E-state index in [1.165, 1.54) is 5.19 Å². The lowest BCUT2D eigenvalue weighted by atomic mass is 9.82. The number of anilines is 3. The molecule has 4 aromatic rings. The zero-order chi connectivity index (χ0) is 31.8. The first-order valence-electron chi connectivity index (χ1n) is 15.5. The van der Waals surface area contributed by atoms with Crippen LogP contribution in [0, 0.1) is 5.92 Å². The zero-order valence-electron chi connectivity index (χ0n) is 26.2. The van der Waals surface area contributed by atoms with Gasteiger partial charge in [-0.1, -0.05) is 85.9 Å². The number of ether oxygens (including phenoxy) is 2. The molecule has 0 saturated carbocycles. The van der Waals surface area contributed by atoms with Gasteiger partial charge in [-0.3, -0.25) is 14.5 Å². The quantitative estimate of drug-likeness (QED) is 0.170. The number of methoxy groups -OCH3 is 1. The molecule has 1 N–H and O–H groups in total. The van der Waals surface area contributed by atoms with Crippen molar-refractivity contribution in [3.8, 4) is 5.75 Å². The van der Waals surface area contributed by atoms with Gasteiger partial charge in [0.15, 0.2) is 5.60 Å². The number of benzene rings is 4. The van der Waals surface area contributed by atoms with Crippen LogP contribution in [0.5, 0.6) is 5.75 Å². The second-order valence-electron chi connectivity index (χ2n) is 12.6. The molecule has 232 valence electrons. The Labute approximate surface area is 266 Å². The Bertz CT molecular complexity index is 1660. The SMILES string of the molecule is COc1ccc([Si](C)(C)[C@H]2[C@H](CCO)O[C@@]3(C(=O)N(Cc4ccccc4)c4ccc(N(C=O)c5ccccc5)cc43)[C@@H]2C)cc1. The lowest BCUT2D eigenvalue weighted by Crippen LogP contribution is -2.51. The Balaban J connectivity index is 1.50. The number of amides is 2. The summed E-state index contributed by atoms with van der Waals surface area (Å²) in [5.74, 6) is 0.486. The van der Waals surface area contributed by atoms with Crippen LogP contribution >= 0.6 is 0 Å². The van der Waals surface area contributed by atoms with Crippen LogP contribution in [0.25, 0.3) is 0 Å². The molecule has 4 aromatic carbocycles. The summed E-state index contributed by atoms with van der Waals surface area (Å²) in [5, 5.41) is 11.5. The summed E-state index contributed by atoms with van der Waals surface area (Å²) < 4.78 is 12.5. The average Bonchev–Trinajstić information content (AvgIpc) is 3.49. The fourth-order valence-electron chi connectivity index (χ4n) is 7.63. The Morgan fingerprint density at radius 1 is 0.956 bits per heavy atom. The maximum Gasteiger partial charge on any atom is 0.264 e. The summed E-state index contributed by atoms with van der Waals surface area (Å²) >= 11 is 0. The van der Waals surface area contributed by atoms with Crippen LogP contribution in [-0.4, -0.2) is 45.3 Å². The van der Waals surface area contributed by atoms with E-state index < -0.39 is 13.7 Å². The van der Waals surface area contributed by atoms with E-state index in [9.17, 15) is 14.7 Å². The van der Waals surface area contributed by atoms with E-state index in [0.29, 0.717) is 18.7 Å². The summed E-state index contributed by atoms with van der Waals surface area (Å²) in [6.45, 7) is 7.14. The highest BCUT2D eigenvalue weighted by Crippen LogP contribution is 2.60. The van der Waals surface area contributed by atoms with Crippen LogP contribution < -0.4 is 19.7 Å². The highest BCUT2D eigenvalue weighted by Gasteiger charge is 2.66. The van der Waals surface area contributed by atoms with Gasteiger partial charge in [0.1, 0.15) is 5.75 Å². The van der Waals surface area contributed by atoms with Gasteiger partial charge in [0.2, 0.25) is 6.41 Å². The number of fused-ring (bicyclic) bond motifs is 2. The number of carbonyl (C=O) groups excluding carboxylic acids is 2. The van der Waals surface area contributed by atoms with Gasteiger partial charge in [-0.05, 0) is 60.0 Å². The van der Waals surface area contributed by atoms with Gasteiger partial charge in [-0.25, -0.2) is 0 Å². The Morgan fingerprint density at radius 3 is 2.24 bits per heavy atom. The topological polar surface area (TPSA) is 79.3 Å². The van der Waals surface area contributed by atoms with Crippen LogP contribution in [0.4, 0.5) is 17.1 Å². The molecule has 1 spiro atoms. The van der Waals surface area contributed by atoms with Crippen molar-refractivity contribution in [2.75, 3.05) is 23.5 Å². The molecule has 0 unspecified atom stereocenters. The molecule has 4 atom stereocenters. The van der Waals surface area contributed by atoms with Crippen molar-refractivity contribution in [3.63, 3.8) is 0 Å². The molecule has 2 heterocycles. The minimum atomic E-state index is -2.31. The number of rotatable bonds is 10. The molecule has 2 amide bonds. The Kier molecular flexibility index (Phi) is 8.39. The molecule has 1 saturated heterocycles. The summed E-state index contributed by atoms with van der Waals surface area (Å²) in [6.07, 6.45) is 0.898. The first kappa shape index (κ1) is 30.8. The molecule has 2 aliphatic rings. The van der Waals surface area contributed by atoms with Crippen molar-refractivity contribution in [1.82, 2.24) is 0 Å². The third kappa shape index (κ3) is 5.16. The van der Waals surface area contributed by atoms with Crippen LogP contribution in [0.2, 0.25) is 18.6 Å². The van der Waals surface area contributed by atoms with E-state index in [-0.39, 0.29) is 30.1 Å². The highest BCUT2D eigenvalue weighted by molar-refractivity contribution is 6.91. The van der Waals surface area contributed by atoms with Crippen molar-refractivity contribution in [2.45, 2.75) is 50.2 Å². The summed E-state index contributed by atoms with van der Waals surface area (Å²) in [7, 11) is -0.650. The van der Waals surface area contributed by atoms with E-state index >= 15 is 0 Å². The summed E-state index contributed by atoms with van der Waals surface area (Å²) in [6, 6.07) is 33.4. The van der Waals surface area contributed by atoms with Gasteiger partial charge in [0.25, 0.3) is 5.91 Å². The molecule has 0 aliphatic carbocycles. The second-order valence-corrected chi connectivity index (χ2v) is 17.2. The predicted molar refractivity (Wildman–Crippen MR) is 180 cm³/mol. The van der Waals surface area contributed by atoms with Gasteiger partial charge in [-0.2, -0.15) is 0 Å². The van der Waals surface area contributed by atoms with Crippen LogP contribution in [0.3, 0.4) is 0 Å². The van der Waals surface area contributed by atoms with Crippen molar-refractivity contribution >= 4 is 42.6 Å². The normalized spacial score (nSPS) is 22.5. The standard InChI is InChI=1S/C37H40N2O5Si/c1-26-35(45(3,4)31-18-16-30(43-2)17-19-31)34(21-22-40)44-37(26)32-23-29(39(25-41)28-13-9-6-10-14-28)15-20-33(32)38(36(37)42)24-27-11-7-5-8-12-27/h5-20,23,25-26,34-35,40H,21-22,24H2,1-4H3/t26-,34+,35-,37+/m1/s1. The third-order valence-electron chi connectivity index (χ3n) is 9.83. The first-order valence-corrected chi connectivity index (χ1v) is 18.6. The molecule has 2 aliphatic heterocycles. The molecule has 7 nitrogen and oxygen atoms in total. The Morgan fingerprint density at radius 2 is 1.62 bits per heavy atom. The molecule has 0 radical (unpaired) electrons. The molecular formula is C37H40N2O5Si. The van der Waals surface area contributed by atoms with E-state index in [0.717, 1.165) is 34.7 Å². The fraction of sp³-hybridized carbons (Fsp3) is 0.297. The number of hydrogen-bond acceptors (Lipinski definition) is 5. The van der Waals surface area contributed by atoms with Crippen molar-refractivity contribution in [1.29, 1.82) is 0 Å². The highest BCUT2D eigenvalue weighted by atomic mass is 28.3. The maximum atomic E-state index is 14.9. The first-order chi connectivity index (χ1) is 21.8. The van der Waals surface area contributed by atoms with E-state index in [4.69, 9.17) is 9.47 Å². The number of nitrogens with zero attached hydrogens (tertiary/aromatic N) is 2. The molecular weight excluding hydrogens is 581 g/mol. The van der Waals surface area contributed by atoms with E-state index in [1.807, 2.05) is 95.9 Å². The van der Waals surface area contributed by atoms with Crippen LogP contribution in [0.1, 0.15) is 24.5 Å². The summed E-state index contributed by atoms with van der Waals surface area (Å²) in [4.78, 5) is 30.8. The molecule has 0 bridgehead atoms. The lowest BCUT2D eigenvalue weighted by Gasteiger charge is -2.37. The number of para-hydroxylation sites is 1. The molecule has 0 aromatic heterocycles. The van der Waals surface area contributed by atoms with Crippen LogP contribution in [-0.2, 0) is 26.5 Å². The number of aliphatic hydroxyl groups is 1. The summed E-state index contributed by atoms with van der Waals surface area (Å²) in [5.41, 5.74) is 2.70. The number of hydrogen-bond donors (Lipinski definition) is 1. The van der Waals surface area contributed by atoms with Crippen molar-refractivity contribution in [2.24, 2.45) is 5.92 Å². The zero-order valence-corrected chi connectivity index (χ0v) is 27.2. The van der Waals surface area contributed by atoms with Gasteiger partial charge in [0, 0.05) is 29.5 Å². The average molecular weight is 621 g/mol. The maximum absolute atomic E-state index is 14.9. The van der Waals surface area contributed by atoms with Crippen molar-refractivity contribution < 1.29 is 24.2 Å². The smallest absolute Gasteiger partial charge is 0.264 e. The molecule has 1 fully saturated rings. The largest absolute Gasteiger partial charge is 0.497 e. The number of carbonyl (C=O) groups is 2. The van der Waals surface area contributed by atoms with Gasteiger partial charge >= 0.3 is 0 Å². The third-order valence-corrected chi connectivity index (χ3v) is 14.2. The monoisotopic (exact) mass is 620 g/mol. The fourth-order valence-corrected chi connectivity index (χ4v) is 11.7. The molecule has 6 rings (SSSR count). The Hall–Kier alpha value is -4.24. The number of aliphatic hydroxyl groups excluding tert-OH is 1. The van der Waals surface area contributed by atoms with Crippen molar-refractivity contribution in [3.05, 3.63) is 114 Å². The van der Waals surface area contributed by atoms with Gasteiger partial charge in [0.05, 0.1) is 33.5 Å². The van der Waals surface area contributed by atoms with Gasteiger partial charge < -0.3 is 19.5 Å². The molecule has 8 heteroatoms.